The number of carboxylic acid groups (broad SMARTS) is 1. The number of sulfone groups is 1. The normalized spacial score (nSPS) is 15.3. The van der Waals surface area contributed by atoms with E-state index in [4.69, 9.17) is 5.11 Å². The molecule has 1 amide bonds. The van der Waals surface area contributed by atoms with E-state index in [1.54, 1.807) is 12.3 Å². The Hall–Kier alpha value is -2.86. The number of nitrogens with zero attached hydrogens (tertiary/aromatic N) is 3. The molecule has 0 spiro atoms. The molecule has 32 heavy (non-hydrogen) atoms. The van der Waals surface area contributed by atoms with Crippen molar-refractivity contribution in [2.24, 2.45) is 0 Å². The number of aromatic nitrogens is 1. The quantitative estimate of drug-likeness (QED) is 0.599. The molecule has 0 bridgehead atoms. The third kappa shape index (κ3) is 4.51. The number of piperazine rings is 1. The lowest BCUT2D eigenvalue weighted by Crippen LogP contribution is -2.48. The molecule has 0 saturated carbocycles. The Morgan fingerprint density at radius 2 is 1.75 bits per heavy atom. The van der Waals surface area contributed by atoms with Crippen LogP contribution in [0, 0.1) is 0 Å². The summed E-state index contributed by atoms with van der Waals surface area (Å²) < 4.78 is 64.9. The first kappa shape index (κ1) is 22.3. The van der Waals surface area contributed by atoms with Gasteiger partial charge in [-0.1, -0.05) is 12.1 Å². The molecule has 2 aromatic heterocycles. The predicted octanol–water partition coefficient (Wildman–Crippen LogP) is 4.09. The van der Waals surface area contributed by atoms with Crippen molar-refractivity contribution in [2.45, 2.75) is 16.1 Å². The van der Waals surface area contributed by atoms with Crippen LogP contribution in [0.5, 0.6) is 0 Å². The lowest BCUT2D eigenvalue weighted by Gasteiger charge is -2.34. The van der Waals surface area contributed by atoms with Crippen LogP contribution in [0.1, 0.15) is 11.1 Å². The van der Waals surface area contributed by atoms with Crippen LogP contribution in [0.2, 0.25) is 0 Å². The Kier molecular flexibility index (Phi) is 5.76. The minimum atomic E-state index is -4.48. The zero-order chi connectivity index (χ0) is 23.1. The van der Waals surface area contributed by atoms with Crippen molar-refractivity contribution in [2.75, 3.05) is 31.1 Å². The highest BCUT2D eigenvalue weighted by atomic mass is 32.2. The summed E-state index contributed by atoms with van der Waals surface area (Å²) >= 11 is 1.08. The molecule has 170 valence electrons. The number of hydrogen-bond acceptors (Lipinski definition) is 6. The van der Waals surface area contributed by atoms with Crippen molar-refractivity contribution < 1.29 is 31.5 Å². The maximum atomic E-state index is 12.9. The number of anilines is 1. The number of fused-ring (bicyclic) bond motifs is 1. The van der Waals surface area contributed by atoms with E-state index in [0.717, 1.165) is 23.5 Å². The summed E-state index contributed by atoms with van der Waals surface area (Å²) in [7, 11) is -3.79. The van der Waals surface area contributed by atoms with Gasteiger partial charge in [0.15, 0.2) is 9.84 Å². The van der Waals surface area contributed by atoms with Crippen LogP contribution >= 0.6 is 11.3 Å². The van der Waals surface area contributed by atoms with Crippen molar-refractivity contribution in [3.05, 3.63) is 53.7 Å². The molecule has 1 aliphatic heterocycles. The fourth-order valence-corrected chi connectivity index (χ4v) is 6.33. The van der Waals surface area contributed by atoms with Crippen LogP contribution in [0.15, 0.2) is 46.8 Å². The Morgan fingerprint density at radius 3 is 2.34 bits per heavy atom. The molecule has 0 aliphatic carbocycles. The topological polar surface area (TPSA) is 90.8 Å². The Balaban J connectivity index is 1.58. The SMILES string of the molecule is O=C(O)N1CCN(c2nccc3sc(S(=O)(=O)Cc4ccc(C(F)(F)F)cc4)cc23)CC1. The second kappa shape index (κ2) is 8.24. The van der Waals surface area contributed by atoms with Gasteiger partial charge in [-0.3, -0.25) is 0 Å². The monoisotopic (exact) mass is 485 g/mol. The van der Waals surface area contributed by atoms with Gasteiger partial charge in [-0.25, -0.2) is 18.2 Å². The number of carbonyl (C=O) groups is 1. The van der Waals surface area contributed by atoms with E-state index >= 15 is 0 Å². The molecule has 0 radical (unpaired) electrons. The number of halogens is 3. The first-order chi connectivity index (χ1) is 15.0. The molecule has 1 aliphatic rings. The summed E-state index contributed by atoms with van der Waals surface area (Å²) in [6, 6.07) is 7.31. The van der Waals surface area contributed by atoms with Gasteiger partial charge in [-0.2, -0.15) is 13.2 Å². The Bertz CT molecular complexity index is 1250. The van der Waals surface area contributed by atoms with Gasteiger partial charge in [-0.15, -0.1) is 11.3 Å². The van der Waals surface area contributed by atoms with Gasteiger partial charge in [-0.05, 0) is 29.8 Å². The van der Waals surface area contributed by atoms with Crippen LogP contribution in [0.3, 0.4) is 0 Å². The minimum Gasteiger partial charge on any atom is -0.465 e. The first-order valence-corrected chi connectivity index (χ1v) is 12.0. The van der Waals surface area contributed by atoms with Gasteiger partial charge in [0.1, 0.15) is 10.0 Å². The summed E-state index contributed by atoms with van der Waals surface area (Å²) in [4.78, 5) is 18.7. The average molecular weight is 486 g/mol. The summed E-state index contributed by atoms with van der Waals surface area (Å²) in [5.74, 6) is 0.164. The van der Waals surface area contributed by atoms with Gasteiger partial charge < -0.3 is 14.9 Å². The lowest BCUT2D eigenvalue weighted by molar-refractivity contribution is -0.137. The number of amides is 1. The predicted molar refractivity (Wildman–Crippen MR) is 114 cm³/mol. The van der Waals surface area contributed by atoms with Gasteiger partial charge in [0.25, 0.3) is 0 Å². The van der Waals surface area contributed by atoms with E-state index in [2.05, 4.69) is 4.98 Å². The number of alkyl halides is 3. The maximum Gasteiger partial charge on any atom is 0.416 e. The van der Waals surface area contributed by atoms with Crippen molar-refractivity contribution >= 4 is 43.2 Å². The van der Waals surface area contributed by atoms with Crippen LogP contribution in [0.4, 0.5) is 23.8 Å². The van der Waals surface area contributed by atoms with Crippen molar-refractivity contribution in [3.8, 4) is 0 Å². The highest BCUT2D eigenvalue weighted by Gasteiger charge is 2.30. The average Bonchev–Trinajstić information content (AvgIpc) is 3.19. The van der Waals surface area contributed by atoms with Gasteiger partial charge in [0, 0.05) is 42.5 Å². The molecule has 7 nitrogen and oxygen atoms in total. The number of rotatable bonds is 4. The van der Waals surface area contributed by atoms with E-state index in [9.17, 15) is 26.4 Å². The molecular formula is C20H18F3N3O4S2. The highest BCUT2D eigenvalue weighted by molar-refractivity contribution is 7.92. The molecular weight excluding hydrogens is 467 g/mol. The summed E-state index contributed by atoms with van der Waals surface area (Å²) in [5, 5.41) is 9.75. The van der Waals surface area contributed by atoms with Crippen molar-refractivity contribution in [3.63, 3.8) is 0 Å². The van der Waals surface area contributed by atoms with Crippen LogP contribution in [-0.4, -0.2) is 55.7 Å². The van der Waals surface area contributed by atoms with Crippen LogP contribution in [-0.2, 0) is 21.8 Å². The molecule has 12 heteroatoms. The fraction of sp³-hybridized carbons (Fsp3) is 0.300. The highest BCUT2D eigenvalue weighted by Crippen LogP contribution is 2.36. The molecule has 4 rings (SSSR count). The van der Waals surface area contributed by atoms with Crippen molar-refractivity contribution in [1.29, 1.82) is 0 Å². The maximum absolute atomic E-state index is 12.9. The summed E-state index contributed by atoms with van der Waals surface area (Å²) in [6.45, 7) is 1.50. The van der Waals surface area contributed by atoms with Crippen LogP contribution in [0.25, 0.3) is 10.1 Å². The minimum absolute atomic E-state index is 0.103. The molecule has 3 heterocycles. The third-order valence-electron chi connectivity index (χ3n) is 5.20. The largest absolute Gasteiger partial charge is 0.465 e. The third-order valence-corrected chi connectivity index (χ3v) is 8.55. The number of hydrogen-bond donors (Lipinski definition) is 1. The molecule has 0 unspecified atom stereocenters. The van der Waals surface area contributed by atoms with Gasteiger partial charge >= 0.3 is 12.3 Å². The van der Waals surface area contributed by atoms with Crippen molar-refractivity contribution in [1.82, 2.24) is 9.88 Å². The molecule has 3 aromatic rings. The fourth-order valence-electron chi connectivity index (χ4n) is 3.52. The van der Waals surface area contributed by atoms with Gasteiger partial charge in [0.05, 0.1) is 11.3 Å². The molecule has 1 saturated heterocycles. The molecule has 1 aromatic carbocycles. The van der Waals surface area contributed by atoms with E-state index in [-0.39, 0.29) is 9.77 Å². The zero-order valence-corrected chi connectivity index (χ0v) is 18.2. The first-order valence-electron chi connectivity index (χ1n) is 9.55. The second-order valence-corrected chi connectivity index (χ2v) is 10.6. The molecule has 1 fully saturated rings. The van der Waals surface area contributed by atoms with E-state index < -0.39 is 33.4 Å². The number of thiophene rings is 1. The van der Waals surface area contributed by atoms with E-state index in [1.165, 1.54) is 23.1 Å². The molecule has 0 atom stereocenters. The van der Waals surface area contributed by atoms with Gasteiger partial charge in [0.2, 0.25) is 0 Å². The van der Waals surface area contributed by atoms with E-state index in [1.807, 2.05) is 4.90 Å². The van der Waals surface area contributed by atoms with E-state index in [0.29, 0.717) is 42.1 Å². The Labute approximate surface area is 185 Å². The lowest BCUT2D eigenvalue weighted by atomic mass is 10.1. The molecule has 1 N–H and O–H groups in total. The Morgan fingerprint density at radius 1 is 1.09 bits per heavy atom. The number of pyridine rings is 1. The standard InChI is InChI=1S/C20H18F3N3O4S2/c21-20(22,23)14-3-1-13(2-4-14)12-32(29,30)17-11-15-16(31-17)5-6-24-18(15)25-7-9-26(10-8-25)19(27)28/h1-6,11H,7-10,12H2,(H,27,28). The zero-order valence-electron chi connectivity index (χ0n) is 16.5. The smallest absolute Gasteiger partial charge is 0.416 e. The van der Waals surface area contributed by atoms with Crippen LogP contribution < -0.4 is 4.90 Å². The second-order valence-electron chi connectivity index (χ2n) is 7.32. The summed E-state index contributed by atoms with van der Waals surface area (Å²) in [5.41, 5.74) is -0.571. The summed E-state index contributed by atoms with van der Waals surface area (Å²) in [6.07, 6.45) is -3.89. The number of benzene rings is 1.